The lowest BCUT2D eigenvalue weighted by atomic mass is 9.77. The van der Waals surface area contributed by atoms with Crippen molar-refractivity contribution in [2.45, 2.75) is 38.1 Å². The van der Waals surface area contributed by atoms with Crippen molar-refractivity contribution in [3.63, 3.8) is 0 Å². The van der Waals surface area contributed by atoms with Crippen LogP contribution in [0, 0.1) is 15.3 Å². The standard InChI is InChI=1S/C15H19FINO2/c1-10-4-6-15(9-19,7-5-10)18-14(20)12-3-2-11(16)8-13(12)17/h2-3,8,10,19H,4-7,9H2,1H3,(H,18,20). The van der Waals surface area contributed by atoms with Crippen molar-refractivity contribution in [3.8, 4) is 0 Å². The summed E-state index contributed by atoms with van der Waals surface area (Å²) >= 11 is 1.95. The number of aliphatic hydroxyl groups excluding tert-OH is 1. The molecule has 0 aromatic heterocycles. The normalized spacial score (nSPS) is 26.3. The second-order valence-electron chi connectivity index (χ2n) is 5.70. The Morgan fingerprint density at radius 3 is 2.70 bits per heavy atom. The number of hydrogen-bond acceptors (Lipinski definition) is 2. The summed E-state index contributed by atoms with van der Waals surface area (Å²) in [5, 5.41) is 12.6. The average Bonchev–Trinajstić information content (AvgIpc) is 2.41. The van der Waals surface area contributed by atoms with Crippen LogP contribution in [0.4, 0.5) is 4.39 Å². The van der Waals surface area contributed by atoms with Gasteiger partial charge in [0.1, 0.15) is 5.82 Å². The molecule has 1 aliphatic rings. The largest absolute Gasteiger partial charge is 0.394 e. The molecule has 0 atom stereocenters. The zero-order valence-electron chi connectivity index (χ0n) is 11.5. The van der Waals surface area contributed by atoms with Crippen molar-refractivity contribution in [2.75, 3.05) is 6.61 Å². The number of benzene rings is 1. The number of aliphatic hydroxyl groups is 1. The lowest BCUT2D eigenvalue weighted by molar-refractivity contribution is 0.0716. The molecule has 3 nitrogen and oxygen atoms in total. The van der Waals surface area contributed by atoms with Crippen LogP contribution in [0.2, 0.25) is 0 Å². The Morgan fingerprint density at radius 1 is 1.50 bits per heavy atom. The zero-order chi connectivity index (χ0) is 14.8. The maximum absolute atomic E-state index is 13.1. The molecule has 0 saturated heterocycles. The Kier molecular flexibility index (Phi) is 5.01. The van der Waals surface area contributed by atoms with Crippen molar-refractivity contribution in [3.05, 3.63) is 33.1 Å². The van der Waals surface area contributed by atoms with Crippen LogP contribution in [0.25, 0.3) is 0 Å². The van der Waals surface area contributed by atoms with Crippen LogP contribution in [-0.2, 0) is 0 Å². The van der Waals surface area contributed by atoms with Crippen molar-refractivity contribution in [1.29, 1.82) is 0 Å². The number of hydrogen-bond donors (Lipinski definition) is 2. The van der Waals surface area contributed by atoms with E-state index in [0.29, 0.717) is 15.1 Å². The predicted molar refractivity (Wildman–Crippen MR) is 84.0 cm³/mol. The van der Waals surface area contributed by atoms with Crippen LogP contribution < -0.4 is 5.32 Å². The Labute approximate surface area is 132 Å². The fourth-order valence-corrected chi connectivity index (χ4v) is 3.34. The molecule has 20 heavy (non-hydrogen) atoms. The minimum absolute atomic E-state index is 0.0523. The minimum Gasteiger partial charge on any atom is -0.394 e. The first-order valence-corrected chi connectivity index (χ1v) is 7.92. The third kappa shape index (κ3) is 3.49. The highest BCUT2D eigenvalue weighted by atomic mass is 127. The third-order valence-electron chi connectivity index (χ3n) is 4.09. The molecule has 0 heterocycles. The van der Waals surface area contributed by atoms with Gasteiger partial charge in [0, 0.05) is 3.57 Å². The van der Waals surface area contributed by atoms with Gasteiger partial charge in [0.05, 0.1) is 17.7 Å². The third-order valence-corrected chi connectivity index (χ3v) is 4.98. The Hall–Kier alpha value is -0.690. The Bertz CT molecular complexity index is 499. The quantitative estimate of drug-likeness (QED) is 0.779. The molecule has 2 N–H and O–H groups in total. The smallest absolute Gasteiger partial charge is 0.252 e. The second kappa shape index (κ2) is 6.39. The molecule has 2 rings (SSSR count). The molecule has 1 aliphatic carbocycles. The summed E-state index contributed by atoms with van der Waals surface area (Å²) in [6.07, 6.45) is 3.57. The molecule has 5 heteroatoms. The SMILES string of the molecule is CC1CCC(CO)(NC(=O)c2ccc(F)cc2I)CC1. The van der Waals surface area contributed by atoms with Crippen molar-refractivity contribution >= 4 is 28.5 Å². The van der Waals surface area contributed by atoms with Gasteiger partial charge in [-0.3, -0.25) is 4.79 Å². The first kappa shape index (κ1) is 15.7. The fraction of sp³-hybridized carbons (Fsp3) is 0.533. The maximum atomic E-state index is 13.1. The van der Waals surface area contributed by atoms with Crippen LogP contribution in [0.1, 0.15) is 43.0 Å². The van der Waals surface area contributed by atoms with Gasteiger partial charge in [0.25, 0.3) is 5.91 Å². The second-order valence-corrected chi connectivity index (χ2v) is 6.86. The number of nitrogens with one attached hydrogen (secondary N) is 1. The number of amides is 1. The van der Waals surface area contributed by atoms with Gasteiger partial charge in [-0.15, -0.1) is 0 Å². The highest BCUT2D eigenvalue weighted by molar-refractivity contribution is 14.1. The summed E-state index contributed by atoms with van der Waals surface area (Å²) < 4.78 is 13.7. The van der Waals surface area contributed by atoms with Crippen LogP contribution in [0.3, 0.4) is 0 Å². The Morgan fingerprint density at radius 2 is 2.15 bits per heavy atom. The van der Waals surface area contributed by atoms with Crippen molar-refractivity contribution in [2.24, 2.45) is 5.92 Å². The molecule has 1 saturated carbocycles. The lowest BCUT2D eigenvalue weighted by Crippen LogP contribution is -2.53. The molecule has 110 valence electrons. The number of halogens is 2. The number of carbonyl (C=O) groups excluding carboxylic acids is 1. The lowest BCUT2D eigenvalue weighted by Gasteiger charge is -2.38. The van der Waals surface area contributed by atoms with Gasteiger partial charge in [-0.05, 0) is 72.4 Å². The average molecular weight is 391 g/mol. The van der Waals surface area contributed by atoms with E-state index in [1.165, 1.54) is 18.2 Å². The van der Waals surface area contributed by atoms with Crippen LogP contribution in [-0.4, -0.2) is 23.2 Å². The number of carbonyl (C=O) groups is 1. The van der Waals surface area contributed by atoms with E-state index in [4.69, 9.17) is 0 Å². The van der Waals surface area contributed by atoms with Gasteiger partial charge in [0.15, 0.2) is 0 Å². The first-order chi connectivity index (χ1) is 9.46. The van der Waals surface area contributed by atoms with E-state index < -0.39 is 5.54 Å². The van der Waals surface area contributed by atoms with E-state index in [1.807, 2.05) is 22.6 Å². The van der Waals surface area contributed by atoms with Crippen molar-refractivity contribution in [1.82, 2.24) is 5.32 Å². The van der Waals surface area contributed by atoms with Crippen molar-refractivity contribution < 1.29 is 14.3 Å². The molecular formula is C15H19FINO2. The highest BCUT2D eigenvalue weighted by Gasteiger charge is 2.35. The minimum atomic E-state index is -0.527. The molecule has 1 fully saturated rings. The summed E-state index contributed by atoms with van der Waals surface area (Å²) in [6, 6.07) is 4.11. The summed E-state index contributed by atoms with van der Waals surface area (Å²) in [4.78, 5) is 12.3. The van der Waals surface area contributed by atoms with E-state index in [2.05, 4.69) is 12.2 Å². The summed E-state index contributed by atoms with van der Waals surface area (Å²) in [5.74, 6) is 0.0462. The van der Waals surface area contributed by atoms with Gasteiger partial charge < -0.3 is 10.4 Å². The van der Waals surface area contributed by atoms with Gasteiger partial charge in [0.2, 0.25) is 0 Å². The van der Waals surface area contributed by atoms with Gasteiger partial charge >= 0.3 is 0 Å². The molecule has 1 amide bonds. The van der Waals surface area contributed by atoms with E-state index in [1.54, 1.807) is 0 Å². The first-order valence-electron chi connectivity index (χ1n) is 6.84. The molecule has 0 unspecified atom stereocenters. The molecule has 0 spiro atoms. The number of rotatable bonds is 3. The van der Waals surface area contributed by atoms with Gasteiger partial charge in [-0.25, -0.2) is 4.39 Å². The van der Waals surface area contributed by atoms with Gasteiger partial charge in [-0.2, -0.15) is 0 Å². The summed E-state index contributed by atoms with van der Waals surface area (Å²) in [5.41, 5.74) is -0.0698. The van der Waals surface area contributed by atoms with E-state index in [-0.39, 0.29) is 18.3 Å². The maximum Gasteiger partial charge on any atom is 0.252 e. The zero-order valence-corrected chi connectivity index (χ0v) is 13.6. The predicted octanol–water partition coefficient (Wildman–Crippen LogP) is 3.10. The Balaban J connectivity index is 2.13. The summed E-state index contributed by atoms with van der Waals surface area (Å²) in [6.45, 7) is 2.13. The topological polar surface area (TPSA) is 49.3 Å². The van der Waals surface area contributed by atoms with Crippen LogP contribution in [0.15, 0.2) is 18.2 Å². The fourth-order valence-electron chi connectivity index (χ4n) is 2.62. The van der Waals surface area contributed by atoms with Crippen LogP contribution in [0.5, 0.6) is 0 Å². The van der Waals surface area contributed by atoms with E-state index in [9.17, 15) is 14.3 Å². The molecule has 1 aromatic rings. The van der Waals surface area contributed by atoms with E-state index in [0.717, 1.165) is 25.7 Å². The molecule has 0 aliphatic heterocycles. The van der Waals surface area contributed by atoms with Crippen LogP contribution >= 0.6 is 22.6 Å². The molecule has 0 radical (unpaired) electrons. The molecule has 0 bridgehead atoms. The van der Waals surface area contributed by atoms with Gasteiger partial charge in [-0.1, -0.05) is 6.92 Å². The molecular weight excluding hydrogens is 372 g/mol. The summed E-state index contributed by atoms with van der Waals surface area (Å²) in [7, 11) is 0. The molecule has 1 aromatic carbocycles. The highest BCUT2D eigenvalue weighted by Crippen LogP contribution is 2.32. The monoisotopic (exact) mass is 391 g/mol. The van der Waals surface area contributed by atoms with E-state index >= 15 is 0 Å².